The highest BCUT2D eigenvalue weighted by Crippen LogP contribution is 2.15. The predicted octanol–water partition coefficient (Wildman–Crippen LogP) is 2.97. The lowest BCUT2D eigenvalue weighted by Crippen LogP contribution is -2.32. The molecule has 0 aliphatic rings. The molecule has 8 heteroatoms. The average molecular weight is 370 g/mol. The van der Waals surface area contributed by atoms with Crippen LogP contribution in [0.2, 0.25) is 5.02 Å². The van der Waals surface area contributed by atoms with Crippen LogP contribution in [0.15, 0.2) is 42.5 Å². The van der Waals surface area contributed by atoms with E-state index in [1.54, 1.807) is 24.3 Å². The van der Waals surface area contributed by atoms with Crippen LogP contribution in [0, 0.1) is 11.6 Å². The third-order valence-electron chi connectivity index (χ3n) is 2.99. The molecule has 0 unspecified atom stereocenters. The van der Waals surface area contributed by atoms with Crippen LogP contribution in [0.4, 0.5) is 8.78 Å². The van der Waals surface area contributed by atoms with Gasteiger partial charge in [0.2, 0.25) is 0 Å². The van der Waals surface area contributed by atoms with E-state index in [1.807, 2.05) is 0 Å². The molecule has 0 aliphatic heterocycles. The summed E-state index contributed by atoms with van der Waals surface area (Å²) < 4.78 is 36.2. The fourth-order valence-electron chi connectivity index (χ4n) is 1.81. The molecule has 1 amide bonds. The van der Waals surface area contributed by atoms with Gasteiger partial charge in [-0.05, 0) is 36.4 Å². The molecule has 5 nitrogen and oxygen atoms in total. The first-order valence-corrected chi connectivity index (χ1v) is 7.61. The summed E-state index contributed by atoms with van der Waals surface area (Å²) in [6, 6.07) is 9.14. The highest BCUT2D eigenvalue weighted by Gasteiger charge is 2.15. The van der Waals surface area contributed by atoms with Gasteiger partial charge in [0.25, 0.3) is 5.91 Å². The number of carbonyl (C=O) groups excluding carboxylic acids is 2. The number of carbonyl (C=O) groups is 2. The predicted molar refractivity (Wildman–Crippen MR) is 86.6 cm³/mol. The van der Waals surface area contributed by atoms with Crippen LogP contribution in [0.3, 0.4) is 0 Å². The van der Waals surface area contributed by atoms with Crippen molar-refractivity contribution < 1.29 is 27.8 Å². The number of amides is 1. The first-order chi connectivity index (χ1) is 12.0. The van der Waals surface area contributed by atoms with Crippen LogP contribution >= 0.6 is 11.6 Å². The number of halogens is 3. The van der Waals surface area contributed by atoms with Gasteiger partial charge in [0.05, 0.1) is 12.1 Å². The Bertz CT molecular complexity index is 753. The molecular weight excluding hydrogens is 356 g/mol. The van der Waals surface area contributed by atoms with Crippen molar-refractivity contribution in [1.82, 2.24) is 5.32 Å². The topological polar surface area (TPSA) is 64.6 Å². The number of rotatable bonds is 7. The van der Waals surface area contributed by atoms with E-state index in [0.29, 0.717) is 16.8 Å². The SMILES string of the molecule is O=C(COC(=O)c1ccc(F)cc1F)NCCOc1ccc(Cl)cc1. The zero-order valence-corrected chi connectivity index (χ0v) is 13.7. The normalized spacial score (nSPS) is 10.2. The van der Waals surface area contributed by atoms with Crippen molar-refractivity contribution in [2.45, 2.75) is 0 Å². The van der Waals surface area contributed by atoms with E-state index in [2.05, 4.69) is 10.1 Å². The van der Waals surface area contributed by atoms with Crippen LogP contribution < -0.4 is 10.1 Å². The number of ether oxygens (including phenoxy) is 2. The molecule has 0 aromatic heterocycles. The fourth-order valence-corrected chi connectivity index (χ4v) is 1.93. The van der Waals surface area contributed by atoms with Crippen molar-refractivity contribution in [3.63, 3.8) is 0 Å². The lowest BCUT2D eigenvalue weighted by atomic mass is 10.2. The molecule has 0 fully saturated rings. The lowest BCUT2D eigenvalue weighted by Gasteiger charge is -2.08. The Labute approximate surface area is 147 Å². The molecule has 2 rings (SSSR count). The summed E-state index contributed by atoms with van der Waals surface area (Å²) in [4.78, 5) is 23.2. The summed E-state index contributed by atoms with van der Waals surface area (Å²) in [5.74, 6) is -2.90. The standard InChI is InChI=1S/C17H14ClF2NO4/c18-11-1-4-13(5-2-11)24-8-7-21-16(22)10-25-17(23)14-6-3-12(19)9-15(14)20/h1-6,9H,7-8,10H2,(H,21,22). The molecule has 0 saturated carbocycles. The lowest BCUT2D eigenvalue weighted by molar-refractivity contribution is -0.124. The second-order valence-corrected chi connectivity index (χ2v) is 5.29. The molecule has 0 saturated heterocycles. The molecule has 25 heavy (non-hydrogen) atoms. The largest absolute Gasteiger partial charge is 0.492 e. The summed E-state index contributed by atoms with van der Waals surface area (Å²) in [5.41, 5.74) is -0.444. The van der Waals surface area contributed by atoms with E-state index in [4.69, 9.17) is 16.3 Å². The van der Waals surface area contributed by atoms with E-state index in [1.165, 1.54) is 0 Å². The van der Waals surface area contributed by atoms with E-state index in [9.17, 15) is 18.4 Å². The van der Waals surface area contributed by atoms with Gasteiger partial charge in [0.15, 0.2) is 6.61 Å². The third-order valence-corrected chi connectivity index (χ3v) is 3.24. The van der Waals surface area contributed by atoms with Gasteiger partial charge in [-0.25, -0.2) is 13.6 Å². The molecule has 0 bridgehead atoms. The smallest absolute Gasteiger partial charge is 0.341 e. The molecular formula is C17H14ClF2NO4. The first kappa shape index (κ1) is 18.7. The Morgan fingerprint density at radius 3 is 2.48 bits per heavy atom. The van der Waals surface area contributed by atoms with Gasteiger partial charge in [-0.15, -0.1) is 0 Å². The zero-order chi connectivity index (χ0) is 18.2. The minimum atomic E-state index is -1.05. The Morgan fingerprint density at radius 2 is 1.80 bits per heavy atom. The maximum absolute atomic E-state index is 13.4. The first-order valence-electron chi connectivity index (χ1n) is 7.23. The number of hydrogen-bond donors (Lipinski definition) is 1. The number of nitrogens with one attached hydrogen (secondary N) is 1. The molecule has 0 spiro atoms. The van der Waals surface area contributed by atoms with Crippen LogP contribution in [0.1, 0.15) is 10.4 Å². The molecule has 0 heterocycles. The zero-order valence-electron chi connectivity index (χ0n) is 12.9. The van der Waals surface area contributed by atoms with Crippen molar-refractivity contribution in [1.29, 1.82) is 0 Å². The Kier molecular flexibility index (Phi) is 6.71. The number of hydrogen-bond acceptors (Lipinski definition) is 4. The van der Waals surface area contributed by atoms with Crippen LogP contribution in [0.5, 0.6) is 5.75 Å². The van der Waals surface area contributed by atoms with E-state index >= 15 is 0 Å². The minimum Gasteiger partial charge on any atom is -0.492 e. The quantitative estimate of drug-likeness (QED) is 0.602. The van der Waals surface area contributed by atoms with Crippen molar-refractivity contribution in [2.24, 2.45) is 0 Å². The third kappa shape index (κ3) is 6.04. The highest BCUT2D eigenvalue weighted by atomic mass is 35.5. The van der Waals surface area contributed by atoms with Gasteiger partial charge >= 0.3 is 5.97 Å². The summed E-state index contributed by atoms with van der Waals surface area (Å²) in [7, 11) is 0. The second kappa shape index (κ2) is 8.98. The summed E-state index contributed by atoms with van der Waals surface area (Å²) >= 11 is 5.74. The Morgan fingerprint density at radius 1 is 1.08 bits per heavy atom. The van der Waals surface area contributed by atoms with Crippen molar-refractivity contribution in [3.05, 3.63) is 64.7 Å². The van der Waals surface area contributed by atoms with Gasteiger partial charge in [-0.2, -0.15) is 0 Å². The Balaban J connectivity index is 1.68. The molecule has 2 aromatic carbocycles. The maximum atomic E-state index is 13.4. The molecule has 132 valence electrons. The minimum absolute atomic E-state index is 0.184. The van der Waals surface area contributed by atoms with Crippen molar-refractivity contribution in [2.75, 3.05) is 19.8 Å². The van der Waals surface area contributed by atoms with Crippen molar-refractivity contribution >= 4 is 23.5 Å². The highest BCUT2D eigenvalue weighted by molar-refractivity contribution is 6.30. The number of esters is 1. The van der Waals surface area contributed by atoms with Crippen LogP contribution in [-0.2, 0) is 9.53 Å². The summed E-state index contributed by atoms with van der Waals surface area (Å²) in [5, 5.41) is 3.06. The molecule has 1 N–H and O–H groups in total. The molecule has 0 atom stereocenters. The monoisotopic (exact) mass is 369 g/mol. The van der Waals surface area contributed by atoms with Gasteiger partial charge in [0.1, 0.15) is 24.0 Å². The summed E-state index contributed by atoms with van der Waals surface area (Å²) in [6.45, 7) is -0.200. The van der Waals surface area contributed by atoms with Crippen LogP contribution in [-0.4, -0.2) is 31.6 Å². The van der Waals surface area contributed by atoms with Gasteiger partial charge < -0.3 is 14.8 Å². The van der Waals surface area contributed by atoms with E-state index in [-0.39, 0.29) is 13.2 Å². The van der Waals surface area contributed by atoms with E-state index in [0.717, 1.165) is 12.1 Å². The van der Waals surface area contributed by atoms with Gasteiger partial charge in [-0.1, -0.05) is 11.6 Å². The van der Waals surface area contributed by atoms with Gasteiger partial charge in [-0.3, -0.25) is 4.79 Å². The average Bonchev–Trinajstić information content (AvgIpc) is 2.58. The summed E-state index contributed by atoms with van der Waals surface area (Å²) in [6.07, 6.45) is 0. The second-order valence-electron chi connectivity index (χ2n) is 4.85. The number of benzene rings is 2. The molecule has 0 radical (unpaired) electrons. The fraction of sp³-hybridized carbons (Fsp3) is 0.176. The van der Waals surface area contributed by atoms with Gasteiger partial charge in [0, 0.05) is 11.1 Å². The maximum Gasteiger partial charge on any atom is 0.341 e. The van der Waals surface area contributed by atoms with E-state index < -0.39 is 35.7 Å². The Hall–Kier alpha value is -2.67. The molecule has 0 aliphatic carbocycles. The van der Waals surface area contributed by atoms with Crippen molar-refractivity contribution in [3.8, 4) is 5.75 Å². The van der Waals surface area contributed by atoms with Crippen LogP contribution in [0.25, 0.3) is 0 Å². The molecule has 2 aromatic rings.